The number of benzene rings is 1. The molecule has 0 aliphatic carbocycles. The molecule has 0 radical (unpaired) electrons. The van der Waals surface area contributed by atoms with E-state index in [4.69, 9.17) is 5.73 Å². The molecular weight excluding hydrogens is 246 g/mol. The van der Waals surface area contributed by atoms with Gasteiger partial charge >= 0.3 is 0 Å². The minimum absolute atomic E-state index is 0.0258. The lowest BCUT2D eigenvalue weighted by molar-refractivity contribution is -0.385. The third-order valence-corrected chi connectivity index (χ3v) is 2.89. The summed E-state index contributed by atoms with van der Waals surface area (Å²) in [6.45, 7) is 7.21. The summed E-state index contributed by atoms with van der Waals surface area (Å²) in [5.41, 5.74) is 6.35. The van der Waals surface area contributed by atoms with Crippen molar-refractivity contribution >= 4 is 17.3 Å². The second kappa shape index (κ2) is 5.36. The van der Waals surface area contributed by atoms with E-state index < -0.39 is 11.0 Å². The maximum absolute atomic E-state index is 11.9. The van der Waals surface area contributed by atoms with Crippen LogP contribution in [-0.4, -0.2) is 16.9 Å². The van der Waals surface area contributed by atoms with Crippen molar-refractivity contribution in [3.8, 4) is 0 Å². The molecule has 1 aromatic carbocycles. The fourth-order valence-electron chi connectivity index (χ4n) is 1.50. The third-order valence-electron chi connectivity index (χ3n) is 2.89. The molecule has 0 spiro atoms. The van der Waals surface area contributed by atoms with Crippen LogP contribution in [0.25, 0.3) is 0 Å². The number of nitro benzene ring substituents is 1. The molecule has 1 amide bonds. The predicted octanol–water partition coefficient (Wildman–Crippen LogP) is 2.22. The molecular formula is C13H19N3O3. The largest absolute Gasteiger partial charge is 0.324 e. The van der Waals surface area contributed by atoms with Crippen LogP contribution < -0.4 is 11.1 Å². The Labute approximate surface area is 112 Å². The molecule has 1 atom stereocenters. The zero-order chi connectivity index (χ0) is 14.8. The van der Waals surface area contributed by atoms with Crippen LogP contribution in [0.3, 0.4) is 0 Å². The monoisotopic (exact) mass is 265 g/mol. The highest BCUT2D eigenvalue weighted by Gasteiger charge is 2.27. The predicted molar refractivity (Wildman–Crippen MR) is 73.9 cm³/mol. The zero-order valence-corrected chi connectivity index (χ0v) is 11.6. The fraction of sp³-hybridized carbons (Fsp3) is 0.462. The summed E-state index contributed by atoms with van der Waals surface area (Å²) in [6, 6.07) is 3.86. The molecule has 1 rings (SSSR count). The quantitative estimate of drug-likeness (QED) is 0.646. The molecule has 1 unspecified atom stereocenters. The summed E-state index contributed by atoms with van der Waals surface area (Å²) < 4.78 is 0. The van der Waals surface area contributed by atoms with Crippen LogP contribution in [0, 0.1) is 22.5 Å². The van der Waals surface area contributed by atoms with Crippen molar-refractivity contribution in [2.45, 2.75) is 33.7 Å². The minimum Gasteiger partial charge on any atom is -0.324 e. The molecule has 6 nitrogen and oxygen atoms in total. The lowest BCUT2D eigenvalue weighted by Crippen LogP contribution is -2.45. The van der Waals surface area contributed by atoms with E-state index in [9.17, 15) is 14.9 Å². The van der Waals surface area contributed by atoms with Crippen LogP contribution in [-0.2, 0) is 4.79 Å². The van der Waals surface area contributed by atoms with Crippen LogP contribution in [0.4, 0.5) is 11.4 Å². The van der Waals surface area contributed by atoms with Crippen LogP contribution in [0.2, 0.25) is 0 Å². The van der Waals surface area contributed by atoms with Gasteiger partial charge in [0.1, 0.15) is 0 Å². The average Bonchev–Trinajstić information content (AvgIpc) is 2.29. The van der Waals surface area contributed by atoms with Gasteiger partial charge in [-0.1, -0.05) is 26.8 Å². The first kappa shape index (κ1) is 15.1. The van der Waals surface area contributed by atoms with Gasteiger partial charge in [-0.25, -0.2) is 0 Å². The number of nitrogens with two attached hydrogens (primary N) is 1. The molecule has 0 heterocycles. The third kappa shape index (κ3) is 3.75. The van der Waals surface area contributed by atoms with Crippen molar-refractivity contribution in [1.82, 2.24) is 0 Å². The van der Waals surface area contributed by atoms with E-state index in [1.807, 2.05) is 20.8 Å². The number of aryl methyl sites for hydroxylation is 1. The topological polar surface area (TPSA) is 98.3 Å². The van der Waals surface area contributed by atoms with E-state index in [1.165, 1.54) is 6.07 Å². The summed E-state index contributed by atoms with van der Waals surface area (Å²) in [5, 5.41) is 13.4. The molecule has 104 valence electrons. The van der Waals surface area contributed by atoms with E-state index in [1.54, 1.807) is 19.1 Å². The number of nitrogens with zero attached hydrogens (tertiary/aromatic N) is 1. The summed E-state index contributed by atoms with van der Waals surface area (Å²) >= 11 is 0. The first-order valence-corrected chi connectivity index (χ1v) is 5.94. The van der Waals surface area contributed by atoms with Gasteiger partial charge in [0.25, 0.3) is 5.69 Å². The van der Waals surface area contributed by atoms with Crippen LogP contribution in [0.1, 0.15) is 26.3 Å². The lowest BCUT2D eigenvalue weighted by atomic mass is 9.87. The van der Waals surface area contributed by atoms with Crippen LogP contribution in [0.15, 0.2) is 18.2 Å². The number of anilines is 1. The van der Waals surface area contributed by atoms with Gasteiger partial charge in [0.05, 0.1) is 11.0 Å². The van der Waals surface area contributed by atoms with Crippen molar-refractivity contribution in [3.05, 3.63) is 33.9 Å². The standard InChI is InChI=1S/C13H19N3O3/c1-8-5-6-9(7-10(8)16(18)19)15-12(17)11(14)13(2,3)4/h5-7,11H,14H2,1-4H3,(H,15,17). The van der Waals surface area contributed by atoms with Gasteiger partial charge in [-0.15, -0.1) is 0 Å². The van der Waals surface area contributed by atoms with E-state index >= 15 is 0 Å². The number of carbonyl (C=O) groups is 1. The van der Waals surface area contributed by atoms with Crippen molar-refractivity contribution in [1.29, 1.82) is 0 Å². The smallest absolute Gasteiger partial charge is 0.274 e. The summed E-state index contributed by atoms with van der Waals surface area (Å²) in [5.74, 6) is -0.356. The number of amides is 1. The minimum atomic E-state index is -0.687. The second-order valence-electron chi connectivity index (χ2n) is 5.59. The Morgan fingerprint density at radius 1 is 1.42 bits per heavy atom. The molecule has 19 heavy (non-hydrogen) atoms. The number of rotatable bonds is 3. The molecule has 0 fully saturated rings. The average molecular weight is 265 g/mol. The molecule has 0 aliphatic rings. The highest BCUT2D eigenvalue weighted by molar-refractivity contribution is 5.95. The molecule has 0 bridgehead atoms. The lowest BCUT2D eigenvalue weighted by Gasteiger charge is -2.25. The number of hydrogen-bond acceptors (Lipinski definition) is 4. The van der Waals surface area contributed by atoms with E-state index in [0.717, 1.165) is 0 Å². The summed E-state index contributed by atoms with van der Waals surface area (Å²) in [7, 11) is 0. The highest BCUT2D eigenvalue weighted by atomic mass is 16.6. The Morgan fingerprint density at radius 3 is 2.47 bits per heavy atom. The summed E-state index contributed by atoms with van der Waals surface area (Å²) in [6.07, 6.45) is 0. The Bertz CT molecular complexity index is 506. The van der Waals surface area contributed by atoms with Crippen molar-refractivity contribution in [2.75, 3.05) is 5.32 Å². The van der Waals surface area contributed by atoms with E-state index in [2.05, 4.69) is 5.32 Å². The van der Waals surface area contributed by atoms with Crippen LogP contribution in [0.5, 0.6) is 0 Å². The number of carbonyl (C=O) groups excluding carboxylic acids is 1. The van der Waals surface area contributed by atoms with Crippen molar-refractivity contribution < 1.29 is 9.72 Å². The molecule has 3 N–H and O–H groups in total. The van der Waals surface area contributed by atoms with Gasteiger partial charge in [-0.2, -0.15) is 0 Å². The molecule has 6 heteroatoms. The normalized spacial score (nSPS) is 12.9. The first-order valence-electron chi connectivity index (χ1n) is 5.94. The zero-order valence-electron chi connectivity index (χ0n) is 11.6. The molecule has 1 aromatic rings. The fourth-order valence-corrected chi connectivity index (χ4v) is 1.50. The Hall–Kier alpha value is -1.95. The molecule has 0 aromatic heterocycles. The second-order valence-corrected chi connectivity index (χ2v) is 5.59. The van der Waals surface area contributed by atoms with Crippen molar-refractivity contribution in [3.63, 3.8) is 0 Å². The molecule has 0 saturated heterocycles. The summed E-state index contributed by atoms with van der Waals surface area (Å²) in [4.78, 5) is 22.3. The number of nitrogens with one attached hydrogen (secondary N) is 1. The van der Waals surface area contributed by atoms with E-state index in [0.29, 0.717) is 11.3 Å². The van der Waals surface area contributed by atoms with Gasteiger partial charge in [0.2, 0.25) is 5.91 Å². The molecule has 0 saturated carbocycles. The number of nitro groups is 1. The Morgan fingerprint density at radius 2 is 2.00 bits per heavy atom. The SMILES string of the molecule is Cc1ccc(NC(=O)C(N)C(C)(C)C)cc1[N+](=O)[O-]. The van der Waals surface area contributed by atoms with Gasteiger partial charge in [0, 0.05) is 17.3 Å². The maximum atomic E-state index is 11.9. The molecule has 0 aliphatic heterocycles. The van der Waals surface area contributed by atoms with Crippen molar-refractivity contribution in [2.24, 2.45) is 11.1 Å². The van der Waals surface area contributed by atoms with Crippen LogP contribution >= 0.6 is 0 Å². The highest BCUT2D eigenvalue weighted by Crippen LogP contribution is 2.23. The van der Waals surface area contributed by atoms with Gasteiger partial charge in [0.15, 0.2) is 0 Å². The first-order chi connectivity index (χ1) is 8.62. The Kier molecular flexibility index (Phi) is 4.26. The van der Waals surface area contributed by atoms with E-state index in [-0.39, 0.29) is 17.0 Å². The van der Waals surface area contributed by atoms with Gasteiger partial charge in [-0.05, 0) is 18.4 Å². The number of hydrogen-bond donors (Lipinski definition) is 2. The maximum Gasteiger partial charge on any atom is 0.274 e. The van der Waals surface area contributed by atoms with Gasteiger partial charge in [-0.3, -0.25) is 14.9 Å². The Balaban J connectivity index is 2.92. The van der Waals surface area contributed by atoms with Gasteiger partial charge < -0.3 is 11.1 Å².